The van der Waals surface area contributed by atoms with E-state index in [2.05, 4.69) is 5.32 Å². The van der Waals surface area contributed by atoms with Gasteiger partial charge in [-0.05, 0) is 33.7 Å². The second-order valence-electron chi connectivity index (χ2n) is 3.73. The minimum Gasteiger partial charge on any atom is -0.450 e. The van der Waals surface area contributed by atoms with Gasteiger partial charge in [-0.1, -0.05) is 0 Å². The number of hydrogen-bond acceptors (Lipinski definition) is 5. The summed E-state index contributed by atoms with van der Waals surface area (Å²) in [4.78, 5) is 11.7. The molecule has 0 bridgehead atoms. The molecule has 0 aromatic carbocycles. The predicted molar refractivity (Wildman–Crippen MR) is 76.3 cm³/mol. The van der Waals surface area contributed by atoms with Gasteiger partial charge in [0.25, 0.3) is 5.91 Å². The molecule has 1 unspecified atom stereocenters. The highest BCUT2D eigenvalue weighted by Crippen LogP contribution is 2.21. The normalized spacial score (nSPS) is 13.3. The highest BCUT2D eigenvalue weighted by Gasteiger charge is 2.43. The maximum atomic E-state index is 11.7. The lowest BCUT2D eigenvalue weighted by Gasteiger charge is -2.38. The molecule has 0 aromatic rings. The third-order valence-corrected chi connectivity index (χ3v) is 3.17. The lowest BCUT2D eigenvalue weighted by atomic mass is 10.3. The SMILES string of the molecule is CCOC(=O)NC(OCC)(OCC)C(C[SiH3])OCC. The van der Waals surface area contributed by atoms with E-state index in [1.165, 1.54) is 0 Å². The third-order valence-electron chi connectivity index (χ3n) is 2.43. The maximum Gasteiger partial charge on any atom is 0.411 e. The van der Waals surface area contributed by atoms with Crippen molar-refractivity contribution in [3.05, 3.63) is 0 Å². The Kier molecular flexibility index (Phi) is 9.85. The molecule has 19 heavy (non-hydrogen) atoms. The van der Waals surface area contributed by atoms with Gasteiger partial charge >= 0.3 is 6.09 Å². The van der Waals surface area contributed by atoms with Crippen molar-refractivity contribution >= 4 is 16.3 Å². The van der Waals surface area contributed by atoms with Gasteiger partial charge in [0.1, 0.15) is 6.10 Å². The number of carbonyl (C=O) groups excluding carboxylic acids is 1. The molecule has 1 amide bonds. The fraction of sp³-hybridized carbons (Fsp3) is 0.917. The Morgan fingerprint density at radius 2 is 1.68 bits per heavy atom. The first-order chi connectivity index (χ1) is 9.10. The molecule has 1 N–H and O–H groups in total. The summed E-state index contributed by atoms with van der Waals surface area (Å²) in [7, 11) is 0.907. The Morgan fingerprint density at radius 3 is 2.05 bits per heavy atom. The standard InChI is InChI=1S/C12H27NO5Si/c1-5-15-10(9-19)12(17-7-3,18-8-4)13-11(14)16-6-2/h10H,5-9H2,1-4,19H3,(H,13,14). The van der Waals surface area contributed by atoms with Crippen molar-refractivity contribution in [2.45, 2.75) is 45.8 Å². The zero-order valence-corrected chi connectivity index (χ0v) is 14.7. The average molecular weight is 293 g/mol. The van der Waals surface area contributed by atoms with Gasteiger partial charge in [-0.2, -0.15) is 0 Å². The molecule has 0 radical (unpaired) electrons. The van der Waals surface area contributed by atoms with Crippen LogP contribution in [-0.2, 0) is 18.9 Å². The van der Waals surface area contributed by atoms with Gasteiger partial charge in [0, 0.05) is 30.1 Å². The summed E-state index contributed by atoms with van der Waals surface area (Å²) in [6.45, 7) is 8.95. The molecule has 0 aliphatic rings. The van der Waals surface area contributed by atoms with Crippen LogP contribution in [0.1, 0.15) is 27.7 Å². The van der Waals surface area contributed by atoms with E-state index < -0.39 is 12.0 Å². The lowest BCUT2D eigenvalue weighted by molar-refractivity contribution is -0.296. The molecule has 0 fully saturated rings. The molecule has 0 aliphatic carbocycles. The third kappa shape index (κ3) is 5.90. The van der Waals surface area contributed by atoms with Crippen LogP contribution in [0.3, 0.4) is 0 Å². The fourth-order valence-corrected chi connectivity index (χ4v) is 2.59. The zero-order chi connectivity index (χ0) is 14.7. The van der Waals surface area contributed by atoms with E-state index in [9.17, 15) is 4.79 Å². The van der Waals surface area contributed by atoms with Crippen LogP contribution in [0, 0.1) is 0 Å². The van der Waals surface area contributed by atoms with Crippen LogP contribution in [0.4, 0.5) is 4.79 Å². The van der Waals surface area contributed by atoms with Gasteiger partial charge in [-0.15, -0.1) is 0 Å². The van der Waals surface area contributed by atoms with Crippen LogP contribution >= 0.6 is 0 Å². The fourth-order valence-electron chi connectivity index (χ4n) is 1.82. The zero-order valence-electron chi connectivity index (χ0n) is 12.7. The quantitative estimate of drug-likeness (QED) is 0.473. The number of hydrogen-bond donors (Lipinski definition) is 1. The van der Waals surface area contributed by atoms with Crippen LogP contribution < -0.4 is 5.32 Å². The molecule has 0 spiro atoms. The molecule has 0 saturated heterocycles. The summed E-state index contributed by atoms with van der Waals surface area (Å²) in [5.74, 6) is -1.27. The molecule has 0 heterocycles. The van der Waals surface area contributed by atoms with E-state index in [4.69, 9.17) is 18.9 Å². The van der Waals surface area contributed by atoms with E-state index in [-0.39, 0.29) is 6.10 Å². The topological polar surface area (TPSA) is 66.0 Å². The van der Waals surface area contributed by atoms with Gasteiger partial charge in [-0.25, -0.2) is 4.79 Å². The molecule has 0 rings (SSSR count). The molecular weight excluding hydrogens is 266 g/mol. The lowest BCUT2D eigenvalue weighted by Crippen LogP contribution is -2.61. The first-order valence-corrected chi connectivity index (χ1v) is 8.35. The van der Waals surface area contributed by atoms with Gasteiger partial charge in [0.05, 0.1) is 6.61 Å². The minimum absolute atomic E-state index is 0.292. The van der Waals surface area contributed by atoms with Gasteiger partial charge in [-0.3, -0.25) is 5.32 Å². The van der Waals surface area contributed by atoms with Crippen LogP contribution in [0.5, 0.6) is 0 Å². The summed E-state index contributed by atoms with van der Waals surface area (Å²) in [5.41, 5.74) is 0. The van der Waals surface area contributed by atoms with Crippen molar-refractivity contribution in [2.24, 2.45) is 0 Å². The Balaban J connectivity index is 5.07. The highest BCUT2D eigenvalue weighted by molar-refractivity contribution is 6.09. The number of carbonyl (C=O) groups is 1. The average Bonchev–Trinajstić information content (AvgIpc) is 2.36. The summed E-state index contributed by atoms with van der Waals surface area (Å²) in [6.07, 6.45) is -0.905. The molecule has 1 atom stereocenters. The molecule has 0 aliphatic heterocycles. The Hall–Kier alpha value is -0.633. The smallest absolute Gasteiger partial charge is 0.411 e. The van der Waals surface area contributed by atoms with E-state index in [1.807, 2.05) is 20.8 Å². The predicted octanol–water partition coefficient (Wildman–Crippen LogP) is 0.648. The Labute approximate surface area is 118 Å². The number of ether oxygens (including phenoxy) is 4. The van der Waals surface area contributed by atoms with Crippen molar-refractivity contribution in [3.8, 4) is 0 Å². The Morgan fingerprint density at radius 1 is 1.11 bits per heavy atom. The van der Waals surface area contributed by atoms with Crippen LogP contribution in [-0.4, -0.2) is 54.8 Å². The Bertz CT molecular complexity index is 246. The summed E-state index contributed by atoms with van der Waals surface area (Å²) in [5, 5.41) is 2.66. The van der Waals surface area contributed by atoms with Crippen molar-refractivity contribution in [2.75, 3.05) is 26.4 Å². The van der Waals surface area contributed by atoms with Crippen LogP contribution in [0.25, 0.3) is 0 Å². The van der Waals surface area contributed by atoms with Crippen molar-refractivity contribution in [1.82, 2.24) is 5.32 Å². The highest BCUT2D eigenvalue weighted by atomic mass is 28.1. The van der Waals surface area contributed by atoms with Crippen molar-refractivity contribution < 1.29 is 23.7 Å². The largest absolute Gasteiger partial charge is 0.450 e. The first kappa shape index (κ1) is 18.4. The summed E-state index contributed by atoms with van der Waals surface area (Å²) in [6, 6.07) is 0.778. The van der Waals surface area contributed by atoms with E-state index >= 15 is 0 Å². The number of alkyl carbamates (subject to hydrolysis) is 1. The van der Waals surface area contributed by atoms with Gasteiger partial charge < -0.3 is 18.9 Å². The van der Waals surface area contributed by atoms with Gasteiger partial charge in [0.2, 0.25) is 0 Å². The van der Waals surface area contributed by atoms with Crippen molar-refractivity contribution in [3.63, 3.8) is 0 Å². The summed E-state index contributed by atoms with van der Waals surface area (Å²) >= 11 is 0. The van der Waals surface area contributed by atoms with Crippen LogP contribution in [0.15, 0.2) is 0 Å². The molecule has 6 nitrogen and oxygen atoms in total. The number of rotatable bonds is 10. The maximum absolute atomic E-state index is 11.7. The molecule has 0 saturated carbocycles. The second-order valence-corrected chi connectivity index (χ2v) is 4.55. The number of nitrogens with one attached hydrogen (secondary N) is 1. The minimum atomic E-state index is -1.27. The van der Waals surface area contributed by atoms with Crippen LogP contribution in [0.2, 0.25) is 6.04 Å². The van der Waals surface area contributed by atoms with Gasteiger partial charge in [0.15, 0.2) is 0 Å². The van der Waals surface area contributed by atoms with Crippen molar-refractivity contribution in [1.29, 1.82) is 0 Å². The molecule has 0 aromatic heterocycles. The molecule has 114 valence electrons. The van der Waals surface area contributed by atoms with E-state index in [0.29, 0.717) is 26.4 Å². The van der Waals surface area contributed by atoms with E-state index in [1.54, 1.807) is 6.92 Å². The van der Waals surface area contributed by atoms with E-state index in [0.717, 1.165) is 16.3 Å². The molecule has 7 heteroatoms. The number of amides is 1. The first-order valence-electron chi connectivity index (χ1n) is 6.94. The second kappa shape index (κ2) is 10.2. The summed E-state index contributed by atoms with van der Waals surface area (Å²) < 4.78 is 21.9. The monoisotopic (exact) mass is 293 g/mol. The molecular formula is C12H27NO5Si.